The Balaban J connectivity index is 4.10. The predicted molar refractivity (Wildman–Crippen MR) is 77.8 cm³/mol. The second kappa shape index (κ2) is 6.37. The van der Waals surface area contributed by atoms with Crippen LogP contribution < -0.4 is 5.73 Å². The van der Waals surface area contributed by atoms with Crippen LogP contribution in [-0.2, 0) is 4.12 Å². The summed E-state index contributed by atoms with van der Waals surface area (Å²) in [5.41, 5.74) is 5.20. The van der Waals surface area contributed by atoms with Gasteiger partial charge in [0.05, 0.1) is 0 Å². The Morgan fingerprint density at radius 2 is 1.88 bits per heavy atom. The normalized spacial score (nSPS) is 12.3. The minimum Gasteiger partial charge on any atom is -0.456 e. The van der Waals surface area contributed by atoms with Gasteiger partial charge in [-0.05, 0) is 45.2 Å². The van der Waals surface area contributed by atoms with Crippen LogP contribution in [0, 0.1) is 0 Å². The van der Waals surface area contributed by atoms with Crippen LogP contribution >= 0.6 is 0 Å². The minimum atomic E-state index is -1.60. The zero-order valence-electron chi connectivity index (χ0n) is 11.7. The third kappa shape index (κ3) is 8.17. The van der Waals surface area contributed by atoms with Crippen LogP contribution in [0.5, 0.6) is 0 Å². The molecule has 17 heavy (non-hydrogen) atoms. The van der Waals surface area contributed by atoms with Crippen LogP contribution in [0.25, 0.3) is 0 Å². The van der Waals surface area contributed by atoms with E-state index >= 15 is 0 Å². The smallest absolute Gasteiger partial charge is 0.318 e. The molecule has 0 atom stereocenters. The van der Waals surface area contributed by atoms with Gasteiger partial charge in [-0.15, -0.1) is 0 Å². The van der Waals surface area contributed by atoms with Gasteiger partial charge in [0, 0.05) is 12.7 Å². The SMILES string of the molecule is C=CN(CCC[Si](C)(C)O[Si](C)(C)C)C(N)=O. The Morgan fingerprint density at radius 1 is 1.35 bits per heavy atom. The lowest BCUT2D eigenvalue weighted by Gasteiger charge is -2.32. The van der Waals surface area contributed by atoms with Gasteiger partial charge in [-0.2, -0.15) is 0 Å². The van der Waals surface area contributed by atoms with Gasteiger partial charge >= 0.3 is 6.03 Å². The van der Waals surface area contributed by atoms with Gasteiger partial charge < -0.3 is 14.7 Å². The molecule has 0 spiro atoms. The first kappa shape index (κ1) is 16.4. The van der Waals surface area contributed by atoms with Gasteiger partial charge in [0.15, 0.2) is 16.6 Å². The fourth-order valence-electron chi connectivity index (χ4n) is 1.85. The van der Waals surface area contributed by atoms with E-state index in [9.17, 15) is 4.79 Å². The fourth-order valence-corrected chi connectivity index (χ4v) is 9.90. The van der Waals surface area contributed by atoms with Gasteiger partial charge in [-0.3, -0.25) is 0 Å². The van der Waals surface area contributed by atoms with Crippen molar-refractivity contribution in [2.75, 3.05) is 6.54 Å². The van der Waals surface area contributed by atoms with E-state index in [1.807, 2.05) is 0 Å². The average Bonchev–Trinajstić information content (AvgIpc) is 2.07. The summed E-state index contributed by atoms with van der Waals surface area (Å²) in [5.74, 6) is 0. The van der Waals surface area contributed by atoms with E-state index in [-0.39, 0.29) is 0 Å². The molecular formula is C11H26N2O2Si2. The summed E-state index contributed by atoms with van der Waals surface area (Å²) in [5, 5.41) is 0. The number of hydrogen-bond donors (Lipinski definition) is 1. The van der Waals surface area contributed by atoms with E-state index in [0.717, 1.165) is 12.5 Å². The summed E-state index contributed by atoms with van der Waals surface area (Å²) >= 11 is 0. The van der Waals surface area contributed by atoms with E-state index in [2.05, 4.69) is 39.3 Å². The third-order valence-electron chi connectivity index (χ3n) is 2.26. The van der Waals surface area contributed by atoms with E-state index in [1.54, 1.807) is 0 Å². The number of primary amides is 1. The maximum Gasteiger partial charge on any atom is 0.318 e. The molecule has 0 aromatic carbocycles. The van der Waals surface area contributed by atoms with Crippen molar-refractivity contribution in [3.05, 3.63) is 12.8 Å². The van der Waals surface area contributed by atoms with Crippen LogP contribution in [0.15, 0.2) is 12.8 Å². The summed E-state index contributed by atoms with van der Waals surface area (Å²) in [6.07, 6.45) is 2.40. The van der Waals surface area contributed by atoms with Gasteiger partial charge in [0.1, 0.15) is 0 Å². The number of carbonyl (C=O) groups excluding carboxylic acids is 1. The summed E-state index contributed by atoms with van der Waals surface area (Å²) < 4.78 is 6.22. The molecule has 0 rings (SSSR count). The van der Waals surface area contributed by atoms with Gasteiger partial charge in [0.25, 0.3) is 0 Å². The summed E-state index contributed by atoms with van der Waals surface area (Å²) in [6.45, 7) is 15.3. The summed E-state index contributed by atoms with van der Waals surface area (Å²) in [7, 11) is -3.07. The molecule has 0 saturated carbocycles. The highest BCUT2D eigenvalue weighted by Gasteiger charge is 2.29. The Hall–Kier alpha value is -0.596. The minimum absolute atomic E-state index is 0.439. The molecule has 0 aliphatic carbocycles. The van der Waals surface area contributed by atoms with Crippen LogP contribution in [0.2, 0.25) is 38.8 Å². The van der Waals surface area contributed by atoms with E-state index in [1.165, 1.54) is 11.1 Å². The summed E-state index contributed by atoms with van der Waals surface area (Å²) in [4.78, 5) is 12.4. The molecule has 0 saturated heterocycles. The molecule has 0 aromatic rings. The van der Waals surface area contributed by atoms with Crippen LogP contribution in [0.4, 0.5) is 4.79 Å². The molecular weight excluding hydrogens is 248 g/mol. The topological polar surface area (TPSA) is 55.6 Å². The maximum atomic E-state index is 11.0. The van der Waals surface area contributed by atoms with Crippen LogP contribution in [0.3, 0.4) is 0 Å². The molecule has 2 amide bonds. The first-order valence-corrected chi connectivity index (χ1v) is 12.5. The van der Waals surface area contributed by atoms with Gasteiger partial charge in [-0.25, -0.2) is 4.79 Å². The molecule has 0 fully saturated rings. The van der Waals surface area contributed by atoms with Crippen molar-refractivity contribution in [2.24, 2.45) is 5.73 Å². The highest BCUT2D eigenvalue weighted by atomic mass is 28.4. The highest BCUT2D eigenvalue weighted by Crippen LogP contribution is 2.19. The standard InChI is InChI=1S/C11H26N2O2Si2/c1-7-13(11(12)14)9-8-10-17(5,6)15-16(2,3)4/h7H,1,8-10H2,2-6H3,(H2,12,14). The van der Waals surface area contributed by atoms with Crippen LogP contribution in [0.1, 0.15) is 6.42 Å². The molecule has 0 unspecified atom stereocenters. The fraction of sp³-hybridized carbons (Fsp3) is 0.727. The van der Waals surface area contributed by atoms with E-state index in [4.69, 9.17) is 9.85 Å². The Labute approximate surface area is 107 Å². The number of nitrogens with two attached hydrogens (primary N) is 1. The quantitative estimate of drug-likeness (QED) is 0.726. The highest BCUT2D eigenvalue weighted by molar-refractivity contribution is 6.84. The monoisotopic (exact) mass is 274 g/mol. The first-order valence-electron chi connectivity index (χ1n) is 5.96. The van der Waals surface area contributed by atoms with Crippen molar-refractivity contribution in [1.29, 1.82) is 0 Å². The number of hydrogen-bond acceptors (Lipinski definition) is 2. The zero-order valence-corrected chi connectivity index (χ0v) is 13.7. The molecule has 0 bridgehead atoms. The van der Waals surface area contributed by atoms with Crippen molar-refractivity contribution in [1.82, 2.24) is 4.90 Å². The van der Waals surface area contributed by atoms with E-state index < -0.39 is 22.7 Å². The van der Waals surface area contributed by atoms with Crippen molar-refractivity contribution >= 4 is 22.7 Å². The van der Waals surface area contributed by atoms with Crippen LogP contribution in [-0.4, -0.2) is 34.1 Å². The predicted octanol–water partition coefficient (Wildman–Crippen LogP) is 2.96. The molecule has 4 nitrogen and oxygen atoms in total. The van der Waals surface area contributed by atoms with E-state index in [0.29, 0.717) is 6.54 Å². The van der Waals surface area contributed by atoms with Crippen molar-refractivity contribution in [3.8, 4) is 0 Å². The summed E-state index contributed by atoms with van der Waals surface area (Å²) in [6, 6.07) is 0.597. The number of carbonyl (C=O) groups is 1. The molecule has 6 heteroatoms. The molecule has 0 radical (unpaired) electrons. The van der Waals surface area contributed by atoms with Gasteiger partial charge in [0.2, 0.25) is 0 Å². The molecule has 0 aliphatic rings. The lowest BCUT2D eigenvalue weighted by Crippen LogP contribution is -2.42. The van der Waals surface area contributed by atoms with Gasteiger partial charge in [-0.1, -0.05) is 6.58 Å². The van der Waals surface area contributed by atoms with Crippen molar-refractivity contribution < 1.29 is 8.91 Å². The molecule has 0 aliphatic heterocycles. The maximum absolute atomic E-state index is 11.0. The molecule has 0 heterocycles. The lowest BCUT2D eigenvalue weighted by atomic mass is 10.4. The second-order valence-electron chi connectivity index (χ2n) is 5.79. The lowest BCUT2D eigenvalue weighted by molar-refractivity contribution is 0.224. The second-order valence-corrected chi connectivity index (χ2v) is 14.9. The Bertz CT molecular complexity index is 275. The number of urea groups is 1. The van der Waals surface area contributed by atoms with Crippen molar-refractivity contribution in [3.63, 3.8) is 0 Å². The third-order valence-corrected chi connectivity index (χ3v) is 8.48. The molecule has 100 valence electrons. The number of rotatable bonds is 7. The molecule has 2 N–H and O–H groups in total. The molecule has 0 aromatic heterocycles. The first-order chi connectivity index (χ1) is 7.57. The Kier molecular flexibility index (Phi) is 6.14. The number of amides is 2. The average molecular weight is 275 g/mol. The van der Waals surface area contributed by atoms with Crippen molar-refractivity contribution in [2.45, 2.75) is 45.2 Å². The Morgan fingerprint density at radius 3 is 2.24 bits per heavy atom. The zero-order chi connectivity index (χ0) is 13.7. The number of nitrogens with zero attached hydrogens (tertiary/aromatic N) is 1. The largest absolute Gasteiger partial charge is 0.456 e.